The zero-order valence-electron chi connectivity index (χ0n) is 11.6. The van der Waals surface area contributed by atoms with Crippen molar-refractivity contribution in [2.45, 2.75) is 4.90 Å². The van der Waals surface area contributed by atoms with Crippen LogP contribution in [0.5, 0.6) is 0 Å². The number of amides is 2. The molecule has 0 atom stereocenters. The second-order valence-electron chi connectivity index (χ2n) is 4.37. The van der Waals surface area contributed by atoms with Crippen molar-refractivity contribution >= 4 is 46.8 Å². The van der Waals surface area contributed by atoms with E-state index in [1.54, 1.807) is 18.2 Å². The maximum Gasteiger partial charge on any atom is 0.269 e. The van der Waals surface area contributed by atoms with Gasteiger partial charge in [-0.15, -0.1) is 11.8 Å². The zero-order chi connectivity index (χ0) is 16.8. The predicted molar refractivity (Wildman–Crippen MR) is 89.2 cm³/mol. The molecule has 0 aliphatic carbocycles. The molecule has 120 valence electrons. The van der Waals surface area contributed by atoms with Crippen molar-refractivity contribution in [3.63, 3.8) is 0 Å². The molecule has 23 heavy (non-hydrogen) atoms. The van der Waals surface area contributed by atoms with Crippen LogP contribution < -0.4 is 10.9 Å². The smallest absolute Gasteiger partial charge is 0.269 e. The Morgan fingerprint density at radius 3 is 2.43 bits per heavy atom. The first kappa shape index (κ1) is 17.6. The van der Waals surface area contributed by atoms with Crippen LogP contribution in [0.25, 0.3) is 0 Å². The van der Waals surface area contributed by atoms with Gasteiger partial charge in [0.1, 0.15) is 5.82 Å². The molecule has 2 N–H and O–H groups in total. The number of nitrogens with one attached hydrogen (secondary N) is 2. The first-order chi connectivity index (χ1) is 11.0. The number of rotatable bonds is 4. The van der Waals surface area contributed by atoms with Crippen LogP contribution in [0.2, 0.25) is 10.0 Å². The van der Waals surface area contributed by atoms with E-state index in [9.17, 15) is 14.0 Å². The van der Waals surface area contributed by atoms with Crippen LogP contribution in [-0.2, 0) is 4.79 Å². The normalized spacial score (nSPS) is 10.2. The summed E-state index contributed by atoms with van der Waals surface area (Å²) in [6.07, 6.45) is 0. The number of hydrazine groups is 1. The fourth-order valence-electron chi connectivity index (χ4n) is 1.57. The van der Waals surface area contributed by atoms with E-state index in [0.29, 0.717) is 14.9 Å². The summed E-state index contributed by atoms with van der Waals surface area (Å²) in [4.78, 5) is 24.1. The number of carbonyl (C=O) groups excluding carboxylic acids is 2. The minimum absolute atomic E-state index is 0.0454. The van der Waals surface area contributed by atoms with Crippen LogP contribution in [-0.4, -0.2) is 17.6 Å². The Morgan fingerprint density at radius 1 is 1.04 bits per heavy atom. The van der Waals surface area contributed by atoms with Crippen molar-refractivity contribution in [2.24, 2.45) is 0 Å². The second-order valence-corrected chi connectivity index (χ2v) is 6.23. The van der Waals surface area contributed by atoms with Gasteiger partial charge in [0, 0.05) is 15.5 Å². The summed E-state index contributed by atoms with van der Waals surface area (Å²) in [5.74, 6) is -1.35. The van der Waals surface area contributed by atoms with E-state index in [4.69, 9.17) is 23.2 Å². The lowest BCUT2D eigenvalue weighted by atomic mass is 10.2. The number of hydrogen-bond acceptors (Lipinski definition) is 3. The Kier molecular flexibility index (Phi) is 6.27. The predicted octanol–water partition coefficient (Wildman–Crippen LogP) is 3.69. The summed E-state index contributed by atoms with van der Waals surface area (Å²) in [5.41, 5.74) is 4.75. The zero-order valence-corrected chi connectivity index (χ0v) is 13.9. The van der Waals surface area contributed by atoms with Gasteiger partial charge in [0.2, 0.25) is 5.91 Å². The van der Waals surface area contributed by atoms with Crippen LogP contribution >= 0.6 is 35.0 Å². The molecule has 0 radical (unpaired) electrons. The first-order valence-corrected chi connectivity index (χ1v) is 8.12. The molecule has 2 aromatic carbocycles. The van der Waals surface area contributed by atoms with Crippen molar-refractivity contribution < 1.29 is 14.0 Å². The molecule has 2 aromatic rings. The van der Waals surface area contributed by atoms with Crippen LogP contribution in [0.1, 0.15) is 10.4 Å². The minimum Gasteiger partial charge on any atom is -0.272 e. The van der Waals surface area contributed by atoms with Crippen LogP contribution in [0.15, 0.2) is 47.4 Å². The topological polar surface area (TPSA) is 58.2 Å². The molecular formula is C15H11Cl2FN2O2S. The number of benzene rings is 2. The molecule has 0 spiro atoms. The molecule has 0 aliphatic heterocycles. The average molecular weight is 373 g/mol. The lowest BCUT2D eigenvalue weighted by Gasteiger charge is -2.08. The van der Waals surface area contributed by atoms with E-state index in [1.807, 2.05) is 0 Å². The summed E-state index contributed by atoms with van der Waals surface area (Å²) in [6, 6.07) is 9.90. The Hall–Kier alpha value is -1.76. The quantitative estimate of drug-likeness (QED) is 0.635. The molecule has 2 rings (SSSR count). The summed E-state index contributed by atoms with van der Waals surface area (Å²) in [5, 5.41) is 1.00. The van der Waals surface area contributed by atoms with Gasteiger partial charge in [0.25, 0.3) is 5.91 Å². The highest BCUT2D eigenvalue weighted by molar-refractivity contribution is 8.00. The lowest BCUT2D eigenvalue weighted by molar-refractivity contribution is -0.119. The second kappa shape index (κ2) is 8.19. The van der Waals surface area contributed by atoms with E-state index in [-0.39, 0.29) is 11.3 Å². The van der Waals surface area contributed by atoms with Gasteiger partial charge in [0.05, 0.1) is 10.8 Å². The van der Waals surface area contributed by atoms with Gasteiger partial charge in [-0.2, -0.15) is 0 Å². The van der Waals surface area contributed by atoms with E-state index in [1.165, 1.54) is 23.9 Å². The third-order valence-electron chi connectivity index (χ3n) is 2.67. The molecule has 0 unspecified atom stereocenters. The van der Waals surface area contributed by atoms with Crippen molar-refractivity contribution in [2.75, 3.05) is 5.75 Å². The van der Waals surface area contributed by atoms with Crippen molar-refractivity contribution in [3.8, 4) is 0 Å². The van der Waals surface area contributed by atoms with Gasteiger partial charge >= 0.3 is 0 Å². The van der Waals surface area contributed by atoms with Crippen LogP contribution in [0.4, 0.5) is 4.39 Å². The number of hydrogen-bond donors (Lipinski definition) is 2. The average Bonchev–Trinajstić information content (AvgIpc) is 2.54. The number of thioether (sulfide) groups is 1. The third-order valence-corrected chi connectivity index (χ3v) is 4.41. The molecular weight excluding hydrogens is 362 g/mol. The Morgan fingerprint density at radius 2 is 1.74 bits per heavy atom. The third kappa shape index (κ3) is 5.42. The van der Waals surface area contributed by atoms with Crippen molar-refractivity contribution in [1.82, 2.24) is 10.9 Å². The van der Waals surface area contributed by atoms with Crippen molar-refractivity contribution in [1.29, 1.82) is 0 Å². The van der Waals surface area contributed by atoms with Crippen LogP contribution in [0, 0.1) is 5.82 Å². The van der Waals surface area contributed by atoms with E-state index in [2.05, 4.69) is 10.9 Å². The molecule has 0 heterocycles. The summed E-state index contributed by atoms with van der Waals surface area (Å²) in [7, 11) is 0. The summed E-state index contributed by atoms with van der Waals surface area (Å²) in [6.45, 7) is 0. The molecule has 2 amide bonds. The van der Waals surface area contributed by atoms with Gasteiger partial charge in [-0.1, -0.05) is 23.2 Å². The van der Waals surface area contributed by atoms with Gasteiger partial charge < -0.3 is 0 Å². The monoisotopic (exact) mass is 372 g/mol. The maximum atomic E-state index is 12.8. The Labute approximate surface area is 146 Å². The SMILES string of the molecule is O=C(CSc1cc(Cl)ccc1Cl)NNC(=O)c1ccc(F)cc1. The first-order valence-electron chi connectivity index (χ1n) is 6.38. The highest BCUT2D eigenvalue weighted by atomic mass is 35.5. The highest BCUT2D eigenvalue weighted by Gasteiger charge is 2.09. The van der Waals surface area contributed by atoms with Crippen LogP contribution in [0.3, 0.4) is 0 Å². The maximum absolute atomic E-state index is 12.8. The standard InChI is InChI=1S/C15H11Cl2FN2O2S/c16-10-3-6-12(17)13(7-10)23-8-14(21)19-20-15(22)9-1-4-11(18)5-2-9/h1-7H,8H2,(H,19,21)(H,20,22). The van der Waals surface area contributed by atoms with Gasteiger partial charge in [0.15, 0.2) is 0 Å². The van der Waals surface area contributed by atoms with E-state index < -0.39 is 17.6 Å². The molecule has 0 aliphatic rings. The minimum atomic E-state index is -0.538. The molecule has 8 heteroatoms. The molecule has 0 saturated carbocycles. The molecule has 0 bridgehead atoms. The van der Waals surface area contributed by atoms with Gasteiger partial charge in [-0.05, 0) is 42.5 Å². The Balaban J connectivity index is 1.82. The molecule has 0 aromatic heterocycles. The highest BCUT2D eigenvalue weighted by Crippen LogP contribution is 2.29. The lowest BCUT2D eigenvalue weighted by Crippen LogP contribution is -2.42. The Bertz CT molecular complexity index is 726. The van der Waals surface area contributed by atoms with Gasteiger partial charge in [-0.3, -0.25) is 20.4 Å². The summed E-state index contributed by atoms with van der Waals surface area (Å²) >= 11 is 13.0. The largest absolute Gasteiger partial charge is 0.272 e. The fraction of sp³-hybridized carbons (Fsp3) is 0.0667. The molecule has 0 saturated heterocycles. The molecule has 4 nitrogen and oxygen atoms in total. The fourth-order valence-corrected chi connectivity index (χ4v) is 2.86. The summed E-state index contributed by atoms with van der Waals surface area (Å²) < 4.78 is 12.8. The molecule has 0 fully saturated rings. The number of halogens is 3. The van der Waals surface area contributed by atoms with Gasteiger partial charge in [-0.25, -0.2) is 4.39 Å². The number of carbonyl (C=O) groups is 2. The van der Waals surface area contributed by atoms with Crippen molar-refractivity contribution in [3.05, 3.63) is 63.9 Å². The van der Waals surface area contributed by atoms with E-state index >= 15 is 0 Å². The van der Waals surface area contributed by atoms with E-state index in [0.717, 1.165) is 12.1 Å².